The SMILES string of the molecule is Nc1sc2c(c1-c1nc(N3CCOCC3)no1)CCCC2. The Bertz CT molecular complexity index is 645. The maximum absolute atomic E-state index is 6.20. The van der Waals surface area contributed by atoms with Gasteiger partial charge >= 0.3 is 0 Å². The molecule has 0 saturated carbocycles. The number of fused-ring (bicyclic) bond motifs is 1. The molecule has 21 heavy (non-hydrogen) atoms. The van der Waals surface area contributed by atoms with Gasteiger partial charge in [0.05, 0.1) is 23.8 Å². The first kappa shape index (κ1) is 13.1. The van der Waals surface area contributed by atoms with Gasteiger partial charge in [-0.2, -0.15) is 4.98 Å². The third-order valence-corrected chi connectivity index (χ3v) is 5.24. The van der Waals surface area contributed by atoms with E-state index in [4.69, 9.17) is 15.0 Å². The normalized spacial score (nSPS) is 18.8. The van der Waals surface area contributed by atoms with E-state index >= 15 is 0 Å². The van der Waals surface area contributed by atoms with Crippen LogP contribution < -0.4 is 10.6 Å². The van der Waals surface area contributed by atoms with Crippen LogP contribution in [-0.4, -0.2) is 36.4 Å². The highest BCUT2D eigenvalue weighted by molar-refractivity contribution is 7.16. The highest BCUT2D eigenvalue weighted by Gasteiger charge is 2.25. The summed E-state index contributed by atoms with van der Waals surface area (Å²) in [6.45, 7) is 3.02. The van der Waals surface area contributed by atoms with Crippen LogP contribution in [0.2, 0.25) is 0 Å². The number of morpholine rings is 1. The lowest BCUT2D eigenvalue weighted by molar-refractivity contribution is 0.121. The van der Waals surface area contributed by atoms with Crippen LogP contribution in [0, 0.1) is 0 Å². The lowest BCUT2D eigenvalue weighted by Gasteiger charge is -2.24. The van der Waals surface area contributed by atoms with E-state index in [-0.39, 0.29) is 0 Å². The lowest BCUT2D eigenvalue weighted by atomic mass is 9.95. The number of hydrogen-bond acceptors (Lipinski definition) is 7. The zero-order valence-electron chi connectivity index (χ0n) is 11.8. The van der Waals surface area contributed by atoms with Crippen LogP contribution in [-0.2, 0) is 17.6 Å². The first-order valence-corrected chi connectivity index (χ1v) is 8.21. The molecule has 0 atom stereocenters. The molecule has 3 heterocycles. The van der Waals surface area contributed by atoms with Crippen molar-refractivity contribution in [2.45, 2.75) is 25.7 Å². The Morgan fingerprint density at radius 2 is 1.95 bits per heavy atom. The van der Waals surface area contributed by atoms with Crippen LogP contribution in [0.25, 0.3) is 11.5 Å². The topological polar surface area (TPSA) is 77.4 Å². The number of thiophene rings is 1. The summed E-state index contributed by atoms with van der Waals surface area (Å²) in [6, 6.07) is 0. The van der Waals surface area contributed by atoms with Gasteiger partial charge in [-0.25, -0.2) is 0 Å². The number of nitrogens with zero attached hydrogens (tertiary/aromatic N) is 3. The van der Waals surface area contributed by atoms with E-state index in [0.717, 1.165) is 36.5 Å². The van der Waals surface area contributed by atoms with E-state index in [9.17, 15) is 0 Å². The van der Waals surface area contributed by atoms with Crippen molar-refractivity contribution in [2.75, 3.05) is 36.9 Å². The number of aromatic nitrogens is 2. The molecule has 0 unspecified atom stereocenters. The van der Waals surface area contributed by atoms with Gasteiger partial charge in [-0.3, -0.25) is 0 Å². The van der Waals surface area contributed by atoms with Crippen molar-refractivity contribution in [1.82, 2.24) is 10.1 Å². The molecule has 1 aliphatic heterocycles. The van der Waals surface area contributed by atoms with Crippen molar-refractivity contribution < 1.29 is 9.26 Å². The second-order valence-electron chi connectivity index (χ2n) is 5.45. The first-order valence-electron chi connectivity index (χ1n) is 7.39. The van der Waals surface area contributed by atoms with Crippen molar-refractivity contribution >= 4 is 22.3 Å². The summed E-state index contributed by atoms with van der Waals surface area (Å²) < 4.78 is 10.8. The smallest absolute Gasteiger partial charge is 0.266 e. The molecule has 1 saturated heterocycles. The molecule has 0 amide bonds. The number of hydrogen-bond donors (Lipinski definition) is 1. The molecule has 112 valence electrons. The van der Waals surface area contributed by atoms with E-state index in [1.165, 1.54) is 23.3 Å². The van der Waals surface area contributed by atoms with E-state index in [2.05, 4.69) is 15.0 Å². The Labute approximate surface area is 126 Å². The van der Waals surface area contributed by atoms with Crippen LogP contribution in [0.15, 0.2) is 4.52 Å². The molecule has 0 bridgehead atoms. The maximum atomic E-state index is 6.20. The van der Waals surface area contributed by atoms with E-state index in [1.807, 2.05) is 0 Å². The first-order chi connectivity index (χ1) is 10.3. The zero-order valence-corrected chi connectivity index (χ0v) is 12.6. The molecule has 0 radical (unpaired) electrons. The molecule has 0 aromatic carbocycles. The Kier molecular flexibility index (Phi) is 3.31. The van der Waals surface area contributed by atoms with Gasteiger partial charge in [-0.15, -0.1) is 11.3 Å². The second kappa shape index (κ2) is 5.31. The Morgan fingerprint density at radius 1 is 1.14 bits per heavy atom. The van der Waals surface area contributed by atoms with Gasteiger partial charge in [0, 0.05) is 18.0 Å². The molecule has 2 aliphatic rings. The highest BCUT2D eigenvalue weighted by atomic mass is 32.1. The molecule has 7 heteroatoms. The fourth-order valence-electron chi connectivity index (χ4n) is 3.03. The zero-order chi connectivity index (χ0) is 14.2. The molecule has 1 aliphatic carbocycles. The summed E-state index contributed by atoms with van der Waals surface area (Å²) in [5.41, 5.74) is 8.49. The molecular weight excluding hydrogens is 288 g/mol. The Morgan fingerprint density at radius 3 is 2.81 bits per heavy atom. The van der Waals surface area contributed by atoms with Crippen molar-refractivity contribution in [3.63, 3.8) is 0 Å². The van der Waals surface area contributed by atoms with Crippen molar-refractivity contribution in [2.24, 2.45) is 0 Å². The van der Waals surface area contributed by atoms with Gasteiger partial charge in [-0.05, 0) is 36.4 Å². The molecule has 1 fully saturated rings. The monoisotopic (exact) mass is 306 g/mol. The van der Waals surface area contributed by atoms with Crippen LogP contribution in [0.4, 0.5) is 10.9 Å². The fourth-order valence-corrected chi connectivity index (χ4v) is 4.18. The summed E-state index contributed by atoms with van der Waals surface area (Å²) in [7, 11) is 0. The molecular formula is C14H18N4O2S. The number of rotatable bonds is 2. The predicted octanol–water partition coefficient (Wildman–Crippen LogP) is 2.10. The highest BCUT2D eigenvalue weighted by Crippen LogP contribution is 2.42. The summed E-state index contributed by atoms with van der Waals surface area (Å²) in [6.07, 6.45) is 4.64. The fraction of sp³-hybridized carbons (Fsp3) is 0.571. The van der Waals surface area contributed by atoms with Gasteiger partial charge in [0.25, 0.3) is 11.8 Å². The summed E-state index contributed by atoms with van der Waals surface area (Å²) in [5.74, 6) is 1.21. The Balaban J connectivity index is 1.68. The van der Waals surface area contributed by atoms with Crippen LogP contribution >= 0.6 is 11.3 Å². The minimum Gasteiger partial charge on any atom is -0.390 e. The van der Waals surface area contributed by atoms with Crippen LogP contribution in [0.3, 0.4) is 0 Å². The van der Waals surface area contributed by atoms with E-state index in [0.29, 0.717) is 25.1 Å². The minimum atomic E-state index is 0.563. The molecule has 2 N–H and O–H groups in total. The van der Waals surface area contributed by atoms with Gasteiger partial charge in [0.1, 0.15) is 0 Å². The van der Waals surface area contributed by atoms with Crippen molar-refractivity contribution in [3.8, 4) is 11.5 Å². The average Bonchev–Trinajstić information content (AvgIpc) is 3.11. The number of nitrogens with two attached hydrogens (primary N) is 1. The van der Waals surface area contributed by atoms with E-state index < -0.39 is 0 Å². The molecule has 2 aromatic rings. The van der Waals surface area contributed by atoms with Gasteiger partial charge in [0.15, 0.2) is 0 Å². The predicted molar refractivity (Wildman–Crippen MR) is 81.7 cm³/mol. The van der Waals surface area contributed by atoms with Gasteiger partial charge in [-0.1, -0.05) is 0 Å². The Hall–Kier alpha value is -1.60. The van der Waals surface area contributed by atoms with Crippen molar-refractivity contribution in [3.05, 3.63) is 10.4 Å². The molecule has 4 rings (SSSR count). The summed E-state index contributed by atoms with van der Waals surface area (Å²) >= 11 is 1.67. The summed E-state index contributed by atoms with van der Waals surface area (Å²) in [4.78, 5) is 8.04. The molecule has 2 aromatic heterocycles. The molecule has 6 nitrogen and oxygen atoms in total. The largest absolute Gasteiger partial charge is 0.390 e. The van der Waals surface area contributed by atoms with Crippen LogP contribution in [0.1, 0.15) is 23.3 Å². The number of anilines is 2. The number of nitrogen functional groups attached to an aromatic ring is 1. The van der Waals surface area contributed by atoms with Crippen molar-refractivity contribution in [1.29, 1.82) is 0 Å². The third kappa shape index (κ3) is 2.30. The van der Waals surface area contributed by atoms with E-state index in [1.54, 1.807) is 11.3 Å². The van der Waals surface area contributed by atoms with Gasteiger partial charge in [0.2, 0.25) is 0 Å². The number of aryl methyl sites for hydroxylation is 1. The lowest BCUT2D eigenvalue weighted by Crippen LogP contribution is -2.36. The molecule has 0 spiro atoms. The minimum absolute atomic E-state index is 0.563. The second-order valence-corrected chi connectivity index (χ2v) is 6.59. The number of ether oxygens (including phenoxy) is 1. The average molecular weight is 306 g/mol. The summed E-state index contributed by atoms with van der Waals surface area (Å²) in [5, 5.41) is 4.92. The quantitative estimate of drug-likeness (QED) is 0.915. The van der Waals surface area contributed by atoms with Crippen LogP contribution in [0.5, 0.6) is 0 Å². The van der Waals surface area contributed by atoms with Gasteiger partial charge < -0.3 is 19.9 Å². The maximum Gasteiger partial charge on any atom is 0.266 e. The standard InChI is InChI=1S/C14H18N4O2S/c15-12-11(9-3-1-2-4-10(9)21-12)13-16-14(17-20-13)18-5-7-19-8-6-18/h1-8,15H2. The third-order valence-electron chi connectivity index (χ3n) is 4.12.